The zero-order valence-corrected chi connectivity index (χ0v) is 14.1. The van der Waals surface area contributed by atoms with Gasteiger partial charge < -0.3 is 9.42 Å². The zero-order chi connectivity index (χ0) is 17.1. The monoisotopic (exact) mass is 336 g/mol. The van der Waals surface area contributed by atoms with Gasteiger partial charge in [-0.25, -0.2) is 9.97 Å². The van der Waals surface area contributed by atoms with Gasteiger partial charge in [-0.2, -0.15) is 4.98 Å². The summed E-state index contributed by atoms with van der Waals surface area (Å²) in [6.45, 7) is 5.68. The molecule has 7 nitrogen and oxygen atoms in total. The third-order valence-corrected chi connectivity index (χ3v) is 4.53. The summed E-state index contributed by atoms with van der Waals surface area (Å²) < 4.78 is 5.50. The maximum atomic E-state index is 5.50. The Hall–Kier alpha value is -2.80. The fourth-order valence-electron chi connectivity index (χ4n) is 3.03. The first-order chi connectivity index (χ1) is 12.3. The van der Waals surface area contributed by atoms with Crippen molar-refractivity contribution in [3.63, 3.8) is 0 Å². The van der Waals surface area contributed by atoms with E-state index in [0.29, 0.717) is 11.7 Å². The molecule has 1 atom stereocenters. The minimum absolute atomic E-state index is 0.0869. The van der Waals surface area contributed by atoms with E-state index in [0.717, 1.165) is 37.7 Å². The van der Waals surface area contributed by atoms with Gasteiger partial charge in [0.1, 0.15) is 0 Å². The van der Waals surface area contributed by atoms with E-state index in [1.165, 1.54) is 0 Å². The molecule has 4 rings (SSSR count). The van der Waals surface area contributed by atoms with E-state index in [-0.39, 0.29) is 6.04 Å². The van der Waals surface area contributed by atoms with Gasteiger partial charge in [-0.05, 0) is 13.0 Å². The summed E-state index contributed by atoms with van der Waals surface area (Å²) in [5, 5.41) is 4.12. The van der Waals surface area contributed by atoms with Crippen LogP contribution in [0.3, 0.4) is 0 Å². The summed E-state index contributed by atoms with van der Waals surface area (Å²) in [6.07, 6.45) is 3.56. The molecule has 1 saturated heterocycles. The highest BCUT2D eigenvalue weighted by Gasteiger charge is 2.26. The Balaban J connectivity index is 1.41. The van der Waals surface area contributed by atoms with Crippen LogP contribution in [-0.4, -0.2) is 51.2 Å². The number of piperazine rings is 1. The molecule has 0 unspecified atom stereocenters. The van der Waals surface area contributed by atoms with E-state index in [9.17, 15) is 0 Å². The van der Waals surface area contributed by atoms with Crippen LogP contribution in [0.1, 0.15) is 18.9 Å². The van der Waals surface area contributed by atoms with Gasteiger partial charge in [0.05, 0.1) is 6.04 Å². The van der Waals surface area contributed by atoms with Gasteiger partial charge in [0, 0.05) is 44.1 Å². The molecule has 0 bridgehead atoms. The van der Waals surface area contributed by atoms with Crippen molar-refractivity contribution in [2.45, 2.75) is 13.0 Å². The van der Waals surface area contributed by atoms with E-state index in [1.54, 1.807) is 12.4 Å². The third kappa shape index (κ3) is 3.36. The lowest BCUT2D eigenvalue weighted by Crippen LogP contribution is -2.47. The Morgan fingerprint density at radius 3 is 2.40 bits per heavy atom. The average molecular weight is 336 g/mol. The zero-order valence-electron chi connectivity index (χ0n) is 14.1. The summed E-state index contributed by atoms with van der Waals surface area (Å²) in [6, 6.07) is 11.8. The summed E-state index contributed by atoms with van der Waals surface area (Å²) in [7, 11) is 0. The Morgan fingerprint density at radius 2 is 1.68 bits per heavy atom. The molecular weight excluding hydrogens is 316 g/mol. The molecule has 0 amide bonds. The van der Waals surface area contributed by atoms with E-state index in [4.69, 9.17) is 4.52 Å². The van der Waals surface area contributed by atoms with E-state index in [1.807, 2.05) is 36.4 Å². The van der Waals surface area contributed by atoms with Crippen molar-refractivity contribution in [1.82, 2.24) is 25.0 Å². The van der Waals surface area contributed by atoms with Gasteiger partial charge in [-0.1, -0.05) is 35.5 Å². The van der Waals surface area contributed by atoms with Crippen molar-refractivity contribution < 1.29 is 4.52 Å². The molecular formula is C18H20N6O. The molecule has 0 saturated carbocycles. The molecule has 3 heterocycles. The van der Waals surface area contributed by atoms with Crippen molar-refractivity contribution >= 4 is 5.95 Å². The van der Waals surface area contributed by atoms with Crippen LogP contribution in [0.5, 0.6) is 0 Å². The first kappa shape index (κ1) is 15.7. The van der Waals surface area contributed by atoms with Crippen LogP contribution in [-0.2, 0) is 0 Å². The van der Waals surface area contributed by atoms with Crippen LogP contribution in [0.4, 0.5) is 5.95 Å². The minimum atomic E-state index is 0.0869. The van der Waals surface area contributed by atoms with Gasteiger partial charge in [-0.3, -0.25) is 4.90 Å². The third-order valence-electron chi connectivity index (χ3n) is 4.53. The Morgan fingerprint density at radius 1 is 0.960 bits per heavy atom. The molecule has 7 heteroatoms. The van der Waals surface area contributed by atoms with Crippen molar-refractivity contribution in [3.05, 3.63) is 54.7 Å². The van der Waals surface area contributed by atoms with Crippen molar-refractivity contribution in [2.24, 2.45) is 0 Å². The van der Waals surface area contributed by atoms with E-state index >= 15 is 0 Å². The van der Waals surface area contributed by atoms with Gasteiger partial charge in [0.25, 0.3) is 0 Å². The summed E-state index contributed by atoms with van der Waals surface area (Å²) >= 11 is 0. The van der Waals surface area contributed by atoms with Gasteiger partial charge in [-0.15, -0.1) is 0 Å². The first-order valence-corrected chi connectivity index (χ1v) is 8.46. The Labute approximate surface area is 146 Å². The molecule has 0 aliphatic carbocycles. The topological polar surface area (TPSA) is 71.2 Å². The van der Waals surface area contributed by atoms with Crippen LogP contribution >= 0.6 is 0 Å². The molecule has 1 aliphatic rings. The Bertz CT molecular complexity index is 799. The molecule has 3 aromatic rings. The van der Waals surface area contributed by atoms with E-state index in [2.05, 4.69) is 36.8 Å². The standard InChI is InChI=1S/C18H20N6O/c1-14(17-21-16(22-25-17)15-6-3-2-4-7-15)23-10-12-24(13-11-23)18-19-8-5-9-20-18/h2-9,14H,10-13H2,1H3/t14-/m0/s1. The number of aromatic nitrogens is 4. The maximum absolute atomic E-state index is 5.50. The number of nitrogens with zero attached hydrogens (tertiary/aromatic N) is 6. The predicted molar refractivity (Wildman–Crippen MR) is 94.0 cm³/mol. The molecule has 1 aromatic carbocycles. The molecule has 0 N–H and O–H groups in total. The lowest BCUT2D eigenvalue weighted by Gasteiger charge is -2.36. The van der Waals surface area contributed by atoms with Crippen molar-refractivity contribution in [2.75, 3.05) is 31.1 Å². The number of benzene rings is 1. The van der Waals surface area contributed by atoms with Crippen LogP contribution in [0.25, 0.3) is 11.4 Å². The van der Waals surface area contributed by atoms with Gasteiger partial charge >= 0.3 is 0 Å². The second kappa shape index (κ2) is 6.98. The fourth-order valence-corrected chi connectivity index (χ4v) is 3.03. The summed E-state index contributed by atoms with van der Waals surface area (Å²) in [4.78, 5) is 17.8. The number of hydrogen-bond donors (Lipinski definition) is 0. The number of rotatable bonds is 4. The van der Waals surface area contributed by atoms with Gasteiger partial charge in [0.15, 0.2) is 0 Å². The number of hydrogen-bond acceptors (Lipinski definition) is 7. The van der Waals surface area contributed by atoms with Crippen LogP contribution in [0.15, 0.2) is 53.3 Å². The average Bonchev–Trinajstić information content (AvgIpc) is 3.19. The largest absolute Gasteiger partial charge is 0.338 e. The smallest absolute Gasteiger partial charge is 0.244 e. The van der Waals surface area contributed by atoms with Crippen LogP contribution in [0, 0.1) is 0 Å². The van der Waals surface area contributed by atoms with Crippen LogP contribution < -0.4 is 4.90 Å². The number of anilines is 1. The normalized spacial score (nSPS) is 16.8. The maximum Gasteiger partial charge on any atom is 0.244 e. The molecule has 128 valence electrons. The SMILES string of the molecule is C[C@@H](c1nc(-c2ccccc2)no1)N1CCN(c2ncccn2)CC1. The summed E-state index contributed by atoms with van der Waals surface area (Å²) in [5.74, 6) is 2.08. The summed E-state index contributed by atoms with van der Waals surface area (Å²) in [5.41, 5.74) is 0.968. The minimum Gasteiger partial charge on any atom is -0.338 e. The highest BCUT2D eigenvalue weighted by atomic mass is 16.5. The highest BCUT2D eigenvalue weighted by Crippen LogP contribution is 2.24. The quantitative estimate of drug-likeness (QED) is 0.724. The van der Waals surface area contributed by atoms with Crippen molar-refractivity contribution in [1.29, 1.82) is 0 Å². The molecule has 0 radical (unpaired) electrons. The fraction of sp³-hybridized carbons (Fsp3) is 0.333. The molecule has 0 spiro atoms. The first-order valence-electron chi connectivity index (χ1n) is 8.46. The molecule has 1 aliphatic heterocycles. The van der Waals surface area contributed by atoms with Crippen LogP contribution in [0.2, 0.25) is 0 Å². The molecule has 1 fully saturated rings. The second-order valence-electron chi connectivity index (χ2n) is 6.07. The molecule has 2 aromatic heterocycles. The Kier molecular flexibility index (Phi) is 4.39. The van der Waals surface area contributed by atoms with Gasteiger partial charge in [0.2, 0.25) is 17.7 Å². The van der Waals surface area contributed by atoms with E-state index < -0.39 is 0 Å². The molecule has 25 heavy (non-hydrogen) atoms. The van der Waals surface area contributed by atoms with Crippen molar-refractivity contribution in [3.8, 4) is 11.4 Å². The lowest BCUT2D eigenvalue weighted by atomic mass is 10.2. The highest BCUT2D eigenvalue weighted by molar-refractivity contribution is 5.53. The second-order valence-corrected chi connectivity index (χ2v) is 6.07. The predicted octanol–water partition coefficient (Wildman–Crippen LogP) is 2.41. The lowest BCUT2D eigenvalue weighted by molar-refractivity contribution is 0.163.